The monoisotopic (exact) mass is 162 g/mol. The minimum atomic E-state index is -0.693. The Labute approximate surface area is 66.0 Å². The fourth-order valence-corrected chi connectivity index (χ4v) is 1.62. The van der Waals surface area contributed by atoms with E-state index in [1.807, 2.05) is 20.8 Å². The van der Waals surface area contributed by atoms with Crippen LogP contribution in [0, 0.1) is 0 Å². The van der Waals surface area contributed by atoms with Crippen molar-refractivity contribution in [1.82, 2.24) is 0 Å². The van der Waals surface area contributed by atoms with Crippen molar-refractivity contribution in [2.45, 2.75) is 37.7 Å². The van der Waals surface area contributed by atoms with Crippen LogP contribution in [0.1, 0.15) is 27.2 Å². The lowest BCUT2D eigenvalue weighted by Crippen LogP contribution is -2.17. The molecule has 3 heteroatoms. The molecule has 0 saturated carbocycles. The highest BCUT2D eigenvalue weighted by Gasteiger charge is 2.16. The van der Waals surface area contributed by atoms with Crippen LogP contribution in [-0.4, -0.2) is 21.6 Å². The number of aliphatic carboxylic acids is 1. The molecule has 0 aromatic carbocycles. The Hall–Kier alpha value is -0.180. The van der Waals surface area contributed by atoms with Crippen molar-refractivity contribution >= 4 is 17.7 Å². The molecule has 0 bridgehead atoms. The van der Waals surface area contributed by atoms with Gasteiger partial charge in [-0.3, -0.25) is 4.79 Å². The number of rotatable bonds is 4. The first-order valence-electron chi connectivity index (χ1n) is 3.46. The van der Waals surface area contributed by atoms with E-state index in [0.717, 1.165) is 0 Å². The lowest BCUT2D eigenvalue weighted by atomic mass is 10.3. The van der Waals surface area contributed by atoms with E-state index in [1.54, 1.807) is 0 Å². The summed E-state index contributed by atoms with van der Waals surface area (Å²) in [6.07, 6.45) is 0.707. The summed E-state index contributed by atoms with van der Waals surface area (Å²) in [6.45, 7) is 5.92. The van der Waals surface area contributed by atoms with Gasteiger partial charge >= 0.3 is 5.97 Å². The van der Waals surface area contributed by atoms with Gasteiger partial charge in [-0.25, -0.2) is 0 Å². The van der Waals surface area contributed by atoms with Crippen LogP contribution in [0.4, 0.5) is 0 Å². The van der Waals surface area contributed by atoms with E-state index < -0.39 is 5.97 Å². The van der Waals surface area contributed by atoms with Crippen LogP contribution in [0.5, 0.6) is 0 Å². The van der Waals surface area contributed by atoms with E-state index in [4.69, 9.17) is 5.11 Å². The molecular weight excluding hydrogens is 148 g/mol. The Bertz CT molecular complexity index is 112. The van der Waals surface area contributed by atoms with E-state index in [-0.39, 0.29) is 5.25 Å². The molecule has 0 rings (SSSR count). The first-order valence-corrected chi connectivity index (χ1v) is 4.40. The summed E-state index contributed by atoms with van der Waals surface area (Å²) < 4.78 is 0. The van der Waals surface area contributed by atoms with Crippen LogP contribution in [0.15, 0.2) is 0 Å². The maximum atomic E-state index is 10.4. The van der Waals surface area contributed by atoms with Gasteiger partial charge in [-0.15, -0.1) is 11.8 Å². The minimum Gasteiger partial charge on any atom is -0.480 e. The van der Waals surface area contributed by atoms with Crippen LogP contribution in [0.3, 0.4) is 0 Å². The van der Waals surface area contributed by atoms with Gasteiger partial charge in [0.1, 0.15) is 5.25 Å². The molecule has 0 saturated heterocycles. The van der Waals surface area contributed by atoms with Gasteiger partial charge in [-0.05, 0) is 11.7 Å². The number of hydrogen-bond acceptors (Lipinski definition) is 2. The summed E-state index contributed by atoms with van der Waals surface area (Å²) in [5.41, 5.74) is 0. The lowest BCUT2D eigenvalue weighted by molar-refractivity contribution is -0.136. The Morgan fingerprint density at radius 2 is 2.10 bits per heavy atom. The number of carbonyl (C=O) groups is 1. The van der Waals surface area contributed by atoms with E-state index >= 15 is 0 Å². The molecule has 0 amide bonds. The number of carboxylic acid groups (broad SMARTS) is 1. The topological polar surface area (TPSA) is 37.3 Å². The highest BCUT2D eigenvalue weighted by atomic mass is 32.2. The molecule has 0 radical (unpaired) electrons. The van der Waals surface area contributed by atoms with Crippen molar-refractivity contribution in [3.63, 3.8) is 0 Å². The van der Waals surface area contributed by atoms with E-state index in [9.17, 15) is 4.79 Å². The molecule has 0 aliphatic rings. The van der Waals surface area contributed by atoms with Crippen molar-refractivity contribution in [3.8, 4) is 0 Å². The fourth-order valence-electron chi connectivity index (χ4n) is 0.658. The van der Waals surface area contributed by atoms with Crippen molar-refractivity contribution < 1.29 is 9.90 Å². The van der Waals surface area contributed by atoms with Crippen molar-refractivity contribution in [2.24, 2.45) is 0 Å². The second-order valence-electron chi connectivity index (χ2n) is 2.42. The molecule has 0 aliphatic carbocycles. The van der Waals surface area contributed by atoms with E-state index in [1.165, 1.54) is 11.8 Å². The molecule has 0 fully saturated rings. The molecular formula is C7H14O2S. The lowest BCUT2D eigenvalue weighted by Gasteiger charge is -2.11. The second kappa shape index (κ2) is 4.61. The normalized spacial score (nSPS) is 13.6. The Kier molecular flexibility index (Phi) is 4.52. The standard InChI is InChI=1S/C7H14O2S/c1-4-6(7(8)9)10-5(2)3/h5-6H,4H2,1-3H3,(H,8,9). The van der Waals surface area contributed by atoms with Gasteiger partial charge in [0, 0.05) is 0 Å². The molecule has 1 N–H and O–H groups in total. The maximum Gasteiger partial charge on any atom is 0.316 e. The van der Waals surface area contributed by atoms with Crippen molar-refractivity contribution in [1.29, 1.82) is 0 Å². The van der Waals surface area contributed by atoms with Crippen molar-refractivity contribution in [3.05, 3.63) is 0 Å². The Morgan fingerprint density at radius 1 is 1.60 bits per heavy atom. The van der Waals surface area contributed by atoms with Crippen molar-refractivity contribution in [2.75, 3.05) is 0 Å². The van der Waals surface area contributed by atoms with Crippen LogP contribution in [-0.2, 0) is 4.79 Å². The van der Waals surface area contributed by atoms with E-state index in [0.29, 0.717) is 11.7 Å². The number of carboxylic acids is 1. The van der Waals surface area contributed by atoms with E-state index in [2.05, 4.69) is 0 Å². The largest absolute Gasteiger partial charge is 0.480 e. The Balaban J connectivity index is 3.72. The maximum absolute atomic E-state index is 10.4. The third kappa shape index (κ3) is 3.77. The summed E-state index contributed by atoms with van der Waals surface area (Å²) in [6, 6.07) is 0. The summed E-state index contributed by atoms with van der Waals surface area (Å²) in [5.74, 6) is -0.693. The molecule has 1 unspecified atom stereocenters. The van der Waals surface area contributed by atoms with Gasteiger partial charge in [0.15, 0.2) is 0 Å². The number of hydrogen-bond donors (Lipinski definition) is 1. The zero-order valence-electron chi connectivity index (χ0n) is 6.63. The van der Waals surface area contributed by atoms with Gasteiger partial charge in [0.2, 0.25) is 0 Å². The third-order valence-corrected chi connectivity index (χ3v) is 2.49. The Morgan fingerprint density at radius 3 is 2.20 bits per heavy atom. The SMILES string of the molecule is CCC(SC(C)C)C(=O)O. The first-order chi connectivity index (χ1) is 4.57. The molecule has 0 spiro atoms. The zero-order valence-corrected chi connectivity index (χ0v) is 7.44. The highest BCUT2D eigenvalue weighted by Crippen LogP contribution is 2.19. The molecule has 10 heavy (non-hydrogen) atoms. The fraction of sp³-hybridized carbons (Fsp3) is 0.857. The van der Waals surface area contributed by atoms with Crippen LogP contribution in [0.25, 0.3) is 0 Å². The summed E-state index contributed by atoms with van der Waals surface area (Å²) >= 11 is 1.51. The molecule has 1 atom stereocenters. The molecule has 2 nitrogen and oxygen atoms in total. The van der Waals surface area contributed by atoms with Crippen LogP contribution >= 0.6 is 11.8 Å². The summed E-state index contributed by atoms with van der Waals surface area (Å²) in [7, 11) is 0. The predicted molar refractivity (Wildman–Crippen MR) is 44.4 cm³/mol. The first kappa shape index (κ1) is 9.82. The zero-order chi connectivity index (χ0) is 8.15. The smallest absolute Gasteiger partial charge is 0.316 e. The van der Waals surface area contributed by atoms with Gasteiger partial charge < -0.3 is 5.11 Å². The summed E-state index contributed by atoms with van der Waals surface area (Å²) in [5, 5.41) is 8.78. The van der Waals surface area contributed by atoms with Gasteiger partial charge in [0.25, 0.3) is 0 Å². The molecule has 0 heterocycles. The summed E-state index contributed by atoms with van der Waals surface area (Å²) in [4.78, 5) is 10.4. The quantitative estimate of drug-likeness (QED) is 0.687. The molecule has 60 valence electrons. The molecule has 0 aromatic rings. The van der Waals surface area contributed by atoms with Crippen LogP contribution < -0.4 is 0 Å². The average molecular weight is 162 g/mol. The predicted octanol–water partition coefficient (Wildman–Crippen LogP) is 1.99. The average Bonchev–Trinajstić information content (AvgIpc) is 1.81. The molecule has 0 aromatic heterocycles. The van der Waals surface area contributed by atoms with Gasteiger partial charge in [-0.2, -0.15) is 0 Å². The molecule has 0 aliphatic heterocycles. The van der Waals surface area contributed by atoms with Gasteiger partial charge in [-0.1, -0.05) is 20.8 Å². The highest BCUT2D eigenvalue weighted by molar-refractivity contribution is 8.01. The third-order valence-electron chi connectivity index (χ3n) is 1.08. The minimum absolute atomic E-state index is 0.222. The number of thioether (sulfide) groups is 1. The van der Waals surface area contributed by atoms with Gasteiger partial charge in [0.05, 0.1) is 0 Å². The van der Waals surface area contributed by atoms with Crippen LogP contribution in [0.2, 0.25) is 0 Å². The second-order valence-corrected chi connectivity index (χ2v) is 4.20.